The Kier molecular flexibility index (Phi) is 3.30. The molecule has 0 amide bonds. The Morgan fingerprint density at radius 3 is 2.46 bits per heavy atom. The van der Waals surface area contributed by atoms with E-state index >= 15 is 0 Å². The van der Waals surface area contributed by atoms with E-state index in [0.717, 1.165) is 9.65 Å². The lowest BCUT2D eigenvalue weighted by molar-refractivity contribution is 0.00401. The van der Waals surface area contributed by atoms with E-state index in [1.807, 2.05) is 12.1 Å². The summed E-state index contributed by atoms with van der Waals surface area (Å²) in [5, 5.41) is 0. The van der Waals surface area contributed by atoms with Crippen molar-refractivity contribution in [2.45, 2.75) is 12.8 Å². The minimum atomic E-state index is -1.80. The molecule has 0 bridgehead atoms. The lowest BCUT2D eigenvalue weighted by atomic mass is 10.3. The van der Waals surface area contributed by atoms with Gasteiger partial charge in [0.25, 0.3) is 5.85 Å². The van der Waals surface area contributed by atoms with Gasteiger partial charge in [-0.3, -0.25) is 0 Å². The zero-order valence-electron chi connectivity index (χ0n) is 7.26. The first-order valence-corrected chi connectivity index (χ1v) is 4.88. The molecular weight excluding hydrogens is 282 g/mol. The first kappa shape index (κ1) is 10.5. The Bertz CT molecular complexity index is 292. The highest BCUT2D eigenvalue weighted by Crippen LogP contribution is 2.21. The van der Waals surface area contributed by atoms with E-state index in [9.17, 15) is 4.39 Å². The first-order valence-electron chi connectivity index (χ1n) is 3.80. The van der Waals surface area contributed by atoms with Crippen LogP contribution in [0.25, 0.3) is 0 Å². The Hall–Kier alpha value is -0.580. The number of rotatable bonds is 3. The smallest absolute Gasteiger partial charge is 0.264 e. The SMILES string of the molecule is C=CC(C)(F)Oc1ccc(I)cc1. The molecule has 0 fully saturated rings. The summed E-state index contributed by atoms with van der Waals surface area (Å²) in [5.41, 5.74) is 0. The van der Waals surface area contributed by atoms with Crippen LogP contribution in [0.4, 0.5) is 4.39 Å². The number of benzene rings is 1. The second-order valence-electron chi connectivity index (χ2n) is 2.75. The van der Waals surface area contributed by atoms with Gasteiger partial charge in [-0.1, -0.05) is 6.58 Å². The maximum absolute atomic E-state index is 13.3. The van der Waals surface area contributed by atoms with Crippen molar-refractivity contribution in [2.75, 3.05) is 0 Å². The van der Waals surface area contributed by atoms with Gasteiger partial charge in [0.05, 0.1) is 0 Å². The average Bonchev–Trinajstić information content (AvgIpc) is 2.09. The van der Waals surface area contributed by atoms with Crippen molar-refractivity contribution in [3.05, 3.63) is 40.5 Å². The van der Waals surface area contributed by atoms with Gasteiger partial charge >= 0.3 is 0 Å². The van der Waals surface area contributed by atoms with Crippen LogP contribution in [0.15, 0.2) is 36.9 Å². The van der Waals surface area contributed by atoms with Crippen molar-refractivity contribution in [2.24, 2.45) is 0 Å². The summed E-state index contributed by atoms with van der Waals surface area (Å²) < 4.78 is 19.4. The number of ether oxygens (including phenoxy) is 1. The maximum Gasteiger partial charge on any atom is 0.264 e. The van der Waals surface area contributed by atoms with Crippen molar-refractivity contribution >= 4 is 22.6 Å². The molecule has 1 unspecified atom stereocenters. The van der Waals surface area contributed by atoms with E-state index in [-0.39, 0.29) is 0 Å². The molecule has 0 radical (unpaired) electrons. The molecular formula is C10H10FIO. The predicted octanol–water partition coefficient (Wildman–Crippen LogP) is 3.54. The predicted molar refractivity (Wildman–Crippen MR) is 59.5 cm³/mol. The van der Waals surface area contributed by atoms with Crippen molar-refractivity contribution in [1.82, 2.24) is 0 Å². The number of halogens is 2. The number of hydrogen-bond donors (Lipinski definition) is 0. The van der Waals surface area contributed by atoms with Gasteiger partial charge in [0, 0.05) is 10.5 Å². The van der Waals surface area contributed by atoms with Crippen LogP contribution in [0.3, 0.4) is 0 Å². The third-order valence-corrected chi connectivity index (χ3v) is 2.21. The Morgan fingerprint density at radius 2 is 2.00 bits per heavy atom. The van der Waals surface area contributed by atoms with E-state index in [4.69, 9.17) is 4.74 Å². The van der Waals surface area contributed by atoms with E-state index in [0.29, 0.717) is 5.75 Å². The molecule has 0 aliphatic carbocycles. The second kappa shape index (κ2) is 4.09. The zero-order chi connectivity index (χ0) is 9.90. The molecule has 0 N–H and O–H groups in total. The zero-order valence-corrected chi connectivity index (χ0v) is 9.42. The van der Waals surface area contributed by atoms with Crippen LogP contribution in [0, 0.1) is 3.57 Å². The standard InChI is InChI=1S/C10H10FIO/c1-3-10(2,11)13-9-6-4-8(12)5-7-9/h3-7H,1H2,2H3. The average molecular weight is 292 g/mol. The second-order valence-corrected chi connectivity index (χ2v) is 3.99. The molecule has 1 nitrogen and oxygen atoms in total. The molecule has 0 aliphatic rings. The summed E-state index contributed by atoms with van der Waals surface area (Å²) in [7, 11) is 0. The molecule has 70 valence electrons. The summed E-state index contributed by atoms with van der Waals surface area (Å²) in [4.78, 5) is 0. The molecule has 0 aliphatic heterocycles. The van der Waals surface area contributed by atoms with Gasteiger partial charge in [-0.2, -0.15) is 4.39 Å². The van der Waals surface area contributed by atoms with Crippen LogP contribution in [0.2, 0.25) is 0 Å². The third kappa shape index (κ3) is 3.34. The molecule has 1 rings (SSSR count). The van der Waals surface area contributed by atoms with Crippen molar-refractivity contribution in [1.29, 1.82) is 0 Å². The number of alkyl halides is 1. The van der Waals surface area contributed by atoms with Gasteiger partial charge in [0.15, 0.2) is 0 Å². The maximum atomic E-state index is 13.3. The third-order valence-electron chi connectivity index (χ3n) is 1.50. The van der Waals surface area contributed by atoms with E-state index in [2.05, 4.69) is 29.2 Å². The van der Waals surface area contributed by atoms with E-state index in [1.54, 1.807) is 12.1 Å². The molecule has 0 saturated heterocycles. The van der Waals surface area contributed by atoms with E-state index < -0.39 is 5.85 Å². The van der Waals surface area contributed by atoms with Crippen molar-refractivity contribution in [3.8, 4) is 5.75 Å². The topological polar surface area (TPSA) is 9.23 Å². The molecule has 1 atom stereocenters. The lowest BCUT2D eigenvalue weighted by Crippen LogP contribution is -2.22. The van der Waals surface area contributed by atoms with Crippen LogP contribution >= 0.6 is 22.6 Å². The summed E-state index contributed by atoms with van der Waals surface area (Å²) in [6.45, 7) is 4.66. The van der Waals surface area contributed by atoms with Crippen LogP contribution in [0.1, 0.15) is 6.92 Å². The fraction of sp³-hybridized carbons (Fsp3) is 0.200. The molecule has 1 aromatic rings. The first-order chi connectivity index (χ1) is 6.03. The van der Waals surface area contributed by atoms with Crippen molar-refractivity contribution in [3.63, 3.8) is 0 Å². The lowest BCUT2D eigenvalue weighted by Gasteiger charge is -2.17. The van der Waals surface area contributed by atoms with Crippen molar-refractivity contribution < 1.29 is 9.13 Å². The molecule has 0 saturated carbocycles. The van der Waals surface area contributed by atoms with Crippen LogP contribution in [0.5, 0.6) is 5.75 Å². The van der Waals surface area contributed by atoms with Crippen LogP contribution < -0.4 is 4.74 Å². The Labute approximate surface area is 90.7 Å². The fourth-order valence-corrected chi connectivity index (χ4v) is 1.13. The summed E-state index contributed by atoms with van der Waals surface area (Å²) in [6, 6.07) is 7.16. The Balaban J connectivity index is 2.75. The minimum Gasteiger partial charge on any atom is -0.455 e. The highest BCUT2D eigenvalue weighted by molar-refractivity contribution is 14.1. The summed E-state index contributed by atoms with van der Waals surface area (Å²) in [5.74, 6) is -1.29. The number of hydrogen-bond acceptors (Lipinski definition) is 1. The molecule has 0 aromatic heterocycles. The van der Waals surface area contributed by atoms with Gasteiger partial charge in [-0.25, -0.2) is 0 Å². The van der Waals surface area contributed by atoms with E-state index in [1.165, 1.54) is 6.92 Å². The molecule has 0 spiro atoms. The molecule has 3 heteroatoms. The van der Waals surface area contributed by atoms with Gasteiger partial charge in [0.2, 0.25) is 0 Å². The molecule has 13 heavy (non-hydrogen) atoms. The molecule has 1 aromatic carbocycles. The summed E-state index contributed by atoms with van der Waals surface area (Å²) >= 11 is 2.17. The monoisotopic (exact) mass is 292 g/mol. The quantitative estimate of drug-likeness (QED) is 0.611. The highest BCUT2D eigenvalue weighted by atomic mass is 127. The summed E-state index contributed by atoms with van der Waals surface area (Å²) in [6.07, 6.45) is 1.13. The minimum absolute atomic E-state index is 0.505. The van der Waals surface area contributed by atoms with Gasteiger partial charge in [0.1, 0.15) is 5.75 Å². The van der Waals surface area contributed by atoms with Crippen LogP contribution in [-0.4, -0.2) is 5.85 Å². The normalized spacial score (nSPS) is 14.7. The largest absolute Gasteiger partial charge is 0.455 e. The fourth-order valence-electron chi connectivity index (χ4n) is 0.775. The van der Waals surface area contributed by atoms with Crippen LogP contribution in [-0.2, 0) is 0 Å². The van der Waals surface area contributed by atoms with Gasteiger partial charge in [-0.15, -0.1) is 0 Å². The van der Waals surface area contributed by atoms with Gasteiger partial charge < -0.3 is 4.74 Å². The highest BCUT2D eigenvalue weighted by Gasteiger charge is 2.19. The Morgan fingerprint density at radius 1 is 1.46 bits per heavy atom. The molecule has 0 heterocycles. The van der Waals surface area contributed by atoms with Gasteiger partial charge in [-0.05, 0) is 52.9 Å².